The van der Waals surface area contributed by atoms with Crippen LogP contribution in [0.1, 0.15) is 58.2 Å². The SMILES string of the molecule is CCC1=C(C)C2=NC1=CC1=NC3=C(C4=NC(=Cc5[nH]c(/c(=C/O)c5C)=C2)C(C)=C4CCC(=O)O)[C@@H](C(=O)OC)C(=O)C3=C1C. The number of carboxylic acids is 1. The molecule has 224 valence electrons. The Morgan fingerprint density at radius 2 is 1.70 bits per heavy atom. The zero-order valence-electron chi connectivity index (χ0n) is 25.4. The highest BCUT2D eigenvalue weighted by atomic mass is 16.5. The predicted molar refractivity (Wildman–Crippen MR) is 168 cm³/mol. The highest BCUT2D eigenvalue weighted by molar-refractivity contribution is 6.33. The number of aromatic nitrogens is 1. The van der Waals surface area contributed by atoms with Gasteiger partial charge in [-0.2, -0.15) is 0 Å². The molecular formula is C34H32N4O6. The van der Waals surface area contributed by atoms with Crippen molar-refractivity contribution in [1.82, 2.24) is 4.98 Å². The first-order chi connectivity index (χ1) is 21.0. The lowest BCUT2D eigenvalue weighted by atomic mass is 9.89. The monoisotopic (exact) mass is 592 g/mol. The minimum Gasteiger partial charge on any atom is -0.515 e. The minimum atomic E-state index is -1.28. The van der Waals surface area contributed by atoms with Gasteiger partial charge in [0.25, 0.3) is 0 Å². The number of aliphatic imine (C=N–C) groups is 3. The van der Waals surface area contributed by atoms with E-state index in [2.05, 4.69) is 4.98 Å². The van der Waals surface area contributed by atoms with Crippen molar-refractivity contribution < 1.29 is 29.3 Å². The van der Waals surface area contributed by atoms with Crippen molar-refractivity contribution >= 4 is 53.3 Å². The third-order valence-electron chi connectivity index (χ3n) is 8.99. The van der Waals surface area contributed by atoms with Gasteiger partial charge in [-0.3, -0.25) is 14.4 Å². The van der Waals surface area contributed by atoms with E-state index in [0.717, 1.165) is 40.0 Å². The van der Waals surface area contributed by atoms with E-state index in [1.54, 1.807) is 6.92 Å². The molecule has 0 fully saturated rings. The van der Waals surface area contributed by atoms with Gasteiger partial charge < -0.3 is 19.9 Å². The Bertz CT molecular complexity index is 2030. The van der Waals surface area contributed by atoms with Crippen LogP contribution < -0.4 is 10.6 Å². The largest absolute Gasteiger partial charge is 0.515 e. The number of methoxy groups -OCH3 is 1. The van der Waals surface area contributed by atoms with Crippen LogP contribution in [0.5, 0.6) is 0 Å². The second kappa shape index (κ2) is 10.6. The number of hydrogen-bond donors (Lipinski definition) is 3. The van der Waals surface area contributed by atoms with Crippen molar-refractivity contribution in [2.45, 2.75) is 53.9 Å². The van der Waals surface area contributed by atoms with Gasteiger partial charge in [0.15, 0.2) is 5.78 Å². The maximum absolute atomic E-state index is 13.9. The van der Waals surface area contributed by atoms with Crippen molar-refractivity contribution in [3.63, 3.8) is 0 Å². The number of fused-ring (bicyclic) bond motifs is 5. The summed E-state index contributed by atoms with van der Waals surface area (Å²) < 4.78 is 5.09. The number of hydrogen-bond acceptors (Lipinski definition) is 8. The summed E-state index contributed by atoms with van der Waals surface area (Å²) in [4.78, 5) is 56.9. The molecule has 6 rings (SSSR count). The van der Waals surface area contributed by atoms with Gasteiger partial charge in [0.1, 0.15) is 5.92 Å². The molecule has 0 radical (unpaired) electrons. The van der Waals surface area contributed by atoms with Gasteiger partial charge in [-0.25, -0.2) is 15.0 Å². The molecular weight excluding hydrogens is 560 g/mol. The molecule has 0 spiro atoms. The maximum atomic E-state index is 13.9. The van der Waals surface area contributed by atoms with Crippen LogP contribution in [0.15, 0.2) is 77.2 Å². The molecule has 1 aromatic heterocycles. The molecule has 1 aliphatic carbocycles. The van der Waals surface area contributed by atoms with Crippen LogP contribution in [-0.4, -0.2) is 57.2 Å². The first kappa shape index (κ1) is 29.0. The lowest BCUT2D eigenvalue weighted by Crippen LogP contribution is -2.27. The molecule has 10 heteroatoms. The number of aliphatic hydroxyl groups excluding tert-OH is 1. The molecule has 44 heavy (non-hydrogen) atoms. The summed E-state index contributed by atoms with van der Waals surface area (Å²) in [5, 5.41) is 21.0. The summed E-state index contributed by atoms with van der Waals surface area (Å²) in [6.45, 7) is 9.58. The highest BCUT2D eigenvalue weighted by Gasteiger charge is 2.49. The second-order valence-electron chi connectivity index (χ2n) is 11.3. The van der Waals surface area contributed by atoms with Crippen LogP contribution >= 0.6 is 0 Å². The van der Waals surface area contributed by atoms with E-state index < -0.39 is 23.6 Å². The number of ether oxygens (including phenoxy) is 1. The van der Waals surface area contributed by atoms with Crippen LogP contribution in [-0.2, 0) is 19.1 Å². The average Bonchev–Trinajstić information content (AvgIpc) is 3.72. The summed E-state index contributed by atoms with van der Waals surface area (Å²) in [6, 6.07) is 0. The maximum Gasteiger partial charge on any atom is 0.321 e. The zero-order valence-corrected chi connectivity index (χ0v) is 25.4. The zero-order chi connectivity index (χ0) is 31.6. The van der Waals surface area contributed by atoms with Gasteiger partial charge in [0.2, 0.25) is 0 Å². The first-order valence-electron chi connectivity index (χ1n) is 14.5. The Morgan fingerprint density at radius 3 is 2.36 bits per heavy atom. The number of aromatic amines is 1. The number of rotatable bonds is 5. The predicted octanol–water partition coefficient (Wildman–Crippen LogP) is 3.85. The molecule has 8 bridgehead atoms. The molecule has 1 atom stereocenters. The van der Waals surface area contributed by atoms with Crippen molar-refractivity contribution in [2.24, 2.45) is 20.9 Å². The third kappa shape index (κ3) is 4.24. The quantitative estimate of drug-likeness (QED) is 0.349. The van der Waals surface area contributed by atoms with E-state index in [9.17, 15) is 24.6 Å². The first-order valence-corrected chi connectivity index (χ1v) is 14.5. The Hall–Kier alpha value is -5.12. The van der Waals surface area contributed by atoms with Crippen LogP contribution in [0.3, 0.4) is 0 Å². The Kier molecular flexibility index (Phi) is 6.95. The normalized spacial score (nSPS) is 21.1. The van der Waals surface area contributed by atoms with E-state index in [1.807, 2.05) is 45.9 Å². The van der Waals surface area contributed by atoms with Crippen LogP contribution in [0.4, 0.5) is 0 Å². The molecule has 4 aliphatic heterocycles. The molecule has 10 nitrogen and oxygen atoms in total. The third-order valence-corrected chi connectivity index (χ3v) is 8.99. The number of nitrogens with one attached hydrogen (secondary N) is 1. The van der Waals surface area contributed by atoms with Crippen LogP contribution in [0.2, 0.25) is 0 Å². The summed E-state index contributed by atoms with van der Waals surface area (Å²) in [5.74, 6) is -3.42. The number of aliphatic carboxylic acids is 1. The van der Waals surface area contributed by atoms with Crippen molar-refractivity contribution in [2.75, 3.05) is 7.11 Å². The topological polar surface area (TPSA) is 154 Å². The fraction of sp³-hybridized carbons (Fsp3) is 0.294. The molecule has 0 amide bonds. The van der Waals surface area contributed by atoms with Crippen molar-refractivity contribution in [3.05, 3.63) is 84.0 Å². The molecule has 0 aromatic carbocycles. The van der Waals surface area contributed by atoms with Crippen LogP contribution in [0.25, 0.3) is 18.4 Å². The molecule has 1 aromatic rings. The van der Waals surface area contributed by atoms with Gasteiger partial charge in [0, 0.05) is 28.5 Å². The van der Waals surface area contributed by atoms with Crippen molar-refractivity contribution in [1.29, 1.82) is 0 Å². The van der Waals surface area contributed by atoms with Gasteiger partial charge in [-0.1, -0.05) is 6.92 Å². The van der Waals surface area contributed by atoms with Crippen molar-refractivity contribution in [3.8, 4) is 0 Å². The average molecular weight is 593 g/mol. The standard InChI is InChI=1S/C34H32N4O6/c1-7-18-14(2)22-11-26-20(13-39)16(4)21(36-26)10-23-15(3)19(8-9-27(40)41)31(37-23)29-30(34(43)44-6)33(42)28-17(5)24(38-32(28)29)12-25(18)35-22/h10-13,30,36,39H,7-9H2,1-6H3,(H,40,41)/b20-13+,23-10?,25-12?,26-11?/t30-/m1/s1. The highest BCUT2D eigenvalue weighted by Crippen LogP contribution is 2.46. The molecule has 0 saturated heterocycles. The summed E-state index contributed by atoms with van der Waals surface area (Å²) in [7, 11) is 1.23. The number of aliphatic hydroxyl groups is 1. The second-order valence-corrected chi connectivity index (χ2v) is 11.3. The molecule has 5 heterocycles. The van der Waals surface area contributed by atoms with E-state index in [4.69, 9.17) is 19.7 Å². The number of carboxylic acid groups (broad SMARTS) is 1. The molecule has 5 aliphatic rings. The Balaban J connectivity index is 1.73. The molecule has 0 unspecified atom stereocenters. The summed E-state index contributed by atoms with van der Waals surface area (Å²) in [6.07, 6.45) is 7.33. The van der Waals surface area contributed by atoms with E-state index in [-0.39, 0.29) is 12.8 Å². The van der Waals surface area contributed by atoms with E-state index >= 15 is 0 Å². The lowest BCUT2D eigenvalue weighted by molar-refractivity contribution is -0.146. The number of nitrogens with zero attached hydrogens (tertiary/aromatic N) is 3. The lowest BCUT2D eigenvalue weighted by Gasteiger charge is -2.15. The van der Waals surface area contributed by atoms with E-state index in [0.29, 0.717) is 67.8 Å². The van der Waals surface area contributed by atoms with Gasteiger partial charge in [-0.05, 0) is 92.2 Å². The number of allylic oxidation sites excluding steroid dienone is 7. The smallest absolute Gasteiger partial charge is 0.321 e. The Labute approximate surface area is 253 Å². The van der Waals surface area contributed by atoms with E-state index in [1.165, 1.54) is 7.11 Å². The van der Waals surface area contributed by atoms with Gasteiger partial charge in [0.05, 0.1) is 52.9 Å². The fourth-order valence-electron chi connectivity index (χ4n) is 6.53. The number of carbonyl (C=O) groups excluding carboxylic acids is 2. The number of carbonyl (C=O) groups is 3. The molecule has 0 saturated carbocycles. The fourth-order valence-corrected chi connectivity index (χ4v) is 6.53. The number of H-pyrrole nitrogens is 1. The Morgan fingerprint density at radius 1 is 0.977 bits per heavy atom. The number of esters is 1. The number of ketones is 1. The van der Waals surface area contributed by atoms with Gasteiger partial charge in [-0.15, -0.1) is 0 Å². The summed E-state index contributed by atoms with van der Waals surface area (Å²) in [5.41, 5.74) is 9.38. The summed E-state index contributed by atoms with van der Waals surface area (Å²) >= 11 is 0. The van der Waals surface area contributed by atoms with Gasteiger partial charge >= 0.3 is 11.9 Å². The minimum absolute atomic E-state index is 0.133. The number of Topliss-reactive ketones (excluding diaryl/α,β-unsaturated/α-hetero) is 1. The van der Waals surface area contributed by atoms with Crippen LogP contribution in [0, 0.1) is 12.8 Å². The molecule has 3 N–H and O–H groups in total.